The third-order valence-corrected chi connectivity index (χ3v) is 4.70. The third kappa shape index (κ3) is 19.2. The normalized spacial score (nSPS) is 10.3. The second-order valence-corrected chi connectivity index (χ2v) is 7.64. The highest BCUT2D eigenvalue weighted by Gasteiger charge is 2.07. The smallest absolute Gasteiger partial charge is 0.321 e. The van der Waals surface area contributed by atoms with Gasteiger partial charge in [-0.05, 0) is 25.7 Å². The first kappa shape index (κ1) is 27.9. The quantitative estimate of drug-likeness (QED) is 0.262. The predicted octanol–water partition coefficient (Wildman–Crippen LogP) is 4.14. The van der Waals surface area contributed by atoms with E-state index in [2.05, 4.69) is 35.1 Å². The van der Waals surface area contributed by atoms with Gasteiger partial charge in [-0.3, -0.25) is 20.2 Å². The molecule has 0 saturated heterocycles. The molecule has 174 valence electrons. The second-order valence-electron chi connectivity index (χ2n) is 7.64. The fourth-order valence-corrected chi connectivity index (χ4v) is 2.90. The Morgan fingerprint density at radius 3 is 1.23 bits per heavy atom. The number of nitrogens with one attached hydrogen (secondary N) is 4. The van der Waals surface area contributed by atoms with Gasteiger partial charge in [0.2, 0.25) is 11.8 Å². The molecule has 0 aliphatic carbocycles. The standard InChI is InChI=1S/C22H42N4O4/c1-3-5-11-15-19(27)25-21(29)23-17-13-9-7-8-10-14-18-24-22(30)26-20(28)16-12-6-4-2/h3-18H2,1-2H3,(H2,23,25,27,29)(H2,24,26,28,30). The molecule has 0 spiro atoms. The van der Waals surface area contributed by atoms with E-state index in [-0.39, 0.29) is 11.8 Å². The average molecular weight is 427 g/mol. The van der Waals surface area contributed by atoms with Crippen molar-refractivity contribution >= 4 is 23.9 Å². The molecule has 0 aliphatic rings. The molecule has 0 aromatic rings. The van der Waals surface area contributed by atoms with Crippen molar-refractivity contribution in [2.45, 2.75) is 104 Å². The van der Waals surface area contributed by atoms with Crippen molar-refractivity contribution in [3.05, 3.63) is 0 Å². The lowest BCUT2D eigenvalue weighted by Gasteiger charge is -2.07. The molecule has 0 atom stereocenters. The lowest BCUT2D eigenvalue weighted by Crippen LogP contribution is -2.39. The van der Waals surface area contributed by atoms with Gasteiger partial charge >= 0.3 is 12.1 Å². The van der Waals surface area contributed by atoms with Gasteiger partial charge in [0.1, 0.15) is 0 Å². The van der Waals surface area contributed by atoms with Crippen molar-refractivity contribution < 1.29 is 19.2 Å². The minimum absolute atomic E-state index is 0.218. The van der Waals surface area contributed by atoms with Crippen molar-refractivity contribution in [3.8, 4) is 0 Å². The van der Waals surface area contributed by atoms with E-state index in [0.29, 0.717) is 25.9 Å². The summed E-state index contributed by atoms with van der Waals surface area (Å²) in [5, 5.41) is 10.1. The number of hydrogen-bond donors (Lipinski definition) is 4. The monoisotopic (exact) mass is 426 g/mol. The summed E-state index contributed by atoms with van der Waals surface area (Å²) >= 11 is 0. The molecule has 6 amide bonds. The van der Waals surface area contributed by atoms with E-state index in [1.165, 1.54) is 0 Å². The lowest BCUT2D eigenvalue weighted by molar-refractivity contribution is -0.121. The summed E-state index contributed by atoms with van der Waals surface area (Å²) in [7, 11) is 0. The Kier molecular flexibility index (Phi) is 18.7. The second kappa shape index (κ2) is 20.2. The van der Waals surface area contributed by atoms with Crippen LogP contribution in [-0.4, -0.2) is 37.0 Å². The van der Waals surface area contributed by atoms with Crippen LogP contribution in [0.25, 0.3) is 0 Å². The van der Waals surface area contributed by atoms with Crippen LogP contribution in [-0.2, 0) is 9.59 Å². The van der Waals surface area contributed by atoms with Crippen molar-refractivity contribution in [3.63, 3.8) is 0 Å². The Bertz CT molecular complexity index is 454. The molecule has 0 bridgehead atoms. The van der Waals surface area contributed by atoms with Gasteiger partial charge in [-0.15, -0.1) is 0 Å². The zero-order valence-corrected chi connectivity index (χ0v) is 18.9. The first-order chi connectivity index (χ1) is 14.5. The average Bonchev–Trinajstić information content (AvgIpc) is 2.69. The van der Waals surface area contributed by atoms with E-state index >= 15 is 0 Å². The Hall–Kier alpha value is -2.12. The maximum atomic E-state index is 11.6. The van der Waals surface area contributed by atoms with Crippen LogP contribution in [0, 0.1) is 0 Å². The lowest BCUT2D eigenvalue weighted by atomic mass is 10.1. The number of urea groups is 2. The van der Waals surface area contributed by atoms with E-state index in [4.69, 9.17) is 0 Å². The maximum Gasteiger partial charge on any atom is 0.321 e. The first-order valence-corrected chi connectivity index (χ1v) is 11.6. The Labute approximate surface area is 181 Å². The highest BCUT2D eigenvalue weighted by molar-refractivity contribution is 5.94. The number of unbranched alkanes of at least 4 members (excludes halogenated alkanes) is 9. The summed E-state index contributed by atoms with van der Waals surface area (Å²) in [4.78, 5) is 46.2. The molecule has 0 aromatic heterocycles. The molecule has 0 aliphatic heterocycles. The molecule has 30 heavy (non-hydrogen) atoms. The minimum atomic E-state index is -0.412. The SMILES string of the molecule is CCCCCC(=O)NC(=O)NCCCCCCCCNC(=O)NC(=O)CCCCC. The van der Waals surface area contributed by atoms with Gasteiger partial charge in [-0.1, -0.05) is 65.2 Å². The first-order valence-electron chi connectivity index (χ1n) is 11.6. The summed E-state index contributed by atoms with van der Waals surface area (Å²) in [5.74, 6) is -0.437. The molecule has 8 nitrogen and oxygen atoms in total. The minimum Gasteiger partial charge on any atom is -0.338 e. The Morgan fingerprint density at radius 2 is 0.867 bits per heavy atom. The predicted molar refractivity (Wildman–Crippen MR) is 119 cm³/mol. The van der Waals surface area contributed by atoms with Gasteiger partial charge in [0.05, 0.1) is 0 Å². The summed E-state index contributed by atoms with van der Waals surface area (Å²) < 4.78 is 0. The zero-order chi connectivity index (χ0) is 22.5. The van der Waals surface area contributed by atoms with Gasteiger partial charge in [0.15, 0.2) is 0 Å². The van der Waals surface area contributed by atoms with Crippen LogP contribution in [0.5, 0.6) is 0 Å². The number of amides is 6. The summed E-state index contributed by atoms with van der Waals surface area (Å²) in [6.07, 6.45) is 12.4. The molecular formula is C22H42N4O4. The number of imide groups is 2. The van der Waals surface area contributed by atoms with E-state index in [0.717, 1.165) is 77.0 Å². The summed E-state index contributed by atoms with van der Waals surface area (Å²) in [5.41, 5.74) is 0. The van der Waals surface area contributed by atoms with Gasteiger partial charge < -0.3 is 10.6 Å². The van der Waals surface area contributed by atoms with Crippen molar-refractivity contribution in [2.75, 3.05) is 13.1 Å². The highest BCUT2D eigenvalue weighted by atomic mass is 16.2. The summed E-state index contributed by atoms with van der Waals surface area (Å²) in [6.45, 7) is 5.25. The maximum absolute atomic E-state index is 11.6. The largest absolute Gasteiger partial charge is 0.338 e. The highest BCUT2D eigenvalue weighted by Crippen LogP contribution is 2.04. The zero-order valence-electron chi connectivity index (χ0n) is 18.9. The van der Waals surface area contributed by atoms with Crippen molar-refractivity contribution in [1.82, 2.24) is 21.3 Å². The van der Waals surface area contributed by atoms with Crippen LogP contribution in [0.2, 0.25) is 0 Å². The number of carbonyl (C=O) groups excluding carboxylic acids is 4. The molecule has 0 saturated carbocycles. The number of hydrogen-bond acceptors (Lipinski definition) is 4. The van der Waals surface area contributed by atoms with Gasteiger partial charge in [0, 0.05) is 25.9 Å². The molecule has 4 N–H and O–H groups in total. The molecule has 0 heterocycles. The number of carbonyl (C=O) groups is 4. The van der Waals surface area contributed by atoms with Crippen molar-refractivity contribution in [1.29, 1.82) is 0 Å². The number of rotatable bonds is 17. The molecule has 0 rings (SSSR count). The van der Waals surface area contributed by atoms with Crippen LogP contribution in [0.3, 0.4) is 0 Å². The molecular weight excluding hydrogens is 384 g/mol. The van der Waals surface area contributed by atoms with E-state index in [9.17, 15) is 19.2 Å². The van der Waals surface area contributed by atoms with Crippen LogP contribution in [0.4, 0.5) is 9.59 Å². The molecule has 0 radical (unpaired) electrons. The van der Waals surface area contributed by atoms with Gasteiger partial charge in [-0.2, -0.15) is 0 Å². The van der Waals surface area contributed by atoms with Gasteiger partial charge in [-0.25, -0.2) is 9.59 Å². The van der Waals surface area contributed by atoms with Crippen molar-refractivity contribution in [2.24, 2.45) is 0 Å². The topological polar surface area (TPSA) is 116 Å². The Balaban J connectivity index is 3.43. The summed E-state index contributed by atoms with van der Waals surface area (Å²) in [6, 6.07) is -0.825. The van der Waals surface area contributed by atoms with Crippen LogP contribution in [0.1, 0.15) is 104 Å². The Morgan fingerprint density at radius 1 is 0.500 bits per heavy atom. The molecule has 0 unspecified atom stereocenters. The third-order valence-electron chi connectivity index (χ3n) is 4.70. The fraction of sp³-hybridized carbons (Fsp3) is 0.818. The van der Waals surface area contributed by atoms with Crippen LogP contribution in [0.15, 0.2) is 0 Å². The van der Waals surface area contributed by atoms with Crippen LogP contribution < -0.4 is 21.3 Å². The van der Waals surface area contributed by atoms with Crippen LogP contribution >= 0.6 is 0 Å². The molecule has 0 fully saturated rings. The molecule has 8 heteroatoms. The fourth-order valence-electron chi connectivity index (χ4n) is 2.90. The van der Waals surface area contributed by atoms with Gasteiger partial charge in [0.25, 0.3) is 0 Å². The van der Waals surface area contributed by atoms with E-state index < -0.39 is 12.1 Å². The van der Waals surface area contributed by atoms with E-state index in [1.54, 1.807) is 0 Å². The van der Waals surface area contributed by atoms with E-state index in [1.807, 2.05) is 0 Å². The molecule has 0 aromatic carbocycles.